The summed E-state index contributed by atoms with van der Waals surface area (Å²) in [6, 6.07) is 9.19. The first-order chi connectivity index (χ1) is 8.11. The predicted molar refractivity (Wildman–Crippen MR) is 65.0 cm³/mol. The Morgan fingerprint density at radius 3 is 2.71 bits per heavy atom. The minimum Gasteiger partial charge on any atom is -0.368 e. The van der Waals surface area contributed by atoms with Crippen LogP contribution in [-0.2, 0) is 10.3 Å². The first kappa shape index (κ1) is 13.0. The van der Waals surface area contributed by atoms with Crippen molar-refractivity contribution in [3.05, 3.63) is 46.3 Å². The standard InChI is InChI=1S/C11H15N5O/c1-11(10(12)17,14-7-8-15-16-13)9-5-3-2-4-6-9/h2-6,14H,7-8H2,1H3,(H2,12,17). The topological polar surface area (TPSA) is 104 Å². The zero-order chi connectivity index (χ0) is 12.7. The lowest BCUT2D eigenvalue weighted by Crippen LogP contribution is -2.51. The summed E-state index contributed by atoms with van der Waals surface area (Å²) in [4.78, 5) is 14.2. The van der Waals surface area contributed by atoms with Crippen LogP contribution in [0.5, 0.6) is 0 Å². The van der Waals surface area contributed by atoms with Crippen LogP contribution in [0.3, 0.4) is 0 Å². The van der Waals surface area contributed by atoms with E-state index in [1.807, 2.05) is 30.3 Å². The summed E-state index contributed by atoms with van der Waals surface area (Å²) in [5.74, 6) is -0.468. The Labute approximate surface area is 99.4 Å². The third kappa shape index (κ3) is 3.21. The van der Waals surface area contributed by atoms with E-state index in [2.05, 4.69) is 15.3 Å². The molecule has 0 aliphatic rings. The van der Waals surface area contributed by atoms with E-state index in [-0.39, 0.29) is 6.54 Å². The Balaban J connectivity index is 2.83. The summed E-state index contributed by atoms with van der Waals surface area (Å²) in [7, 11) is 0. The van der Waals surface area contributed by atoms with Crippen molar-refractivity contribution in [2.75, 3.05) is 13.1 Å². The highest BCUT2D eigenvalue weighted by Crippen LogP contribution is 2.19. The van der Waals surface area contributed by atoms with Crippen molar-refractivity contribution < 1.29 is 4.79 Å². The van der Waals surface area contributed by atoms with Crippen LogP contribution in [0.1, 0.15) is 12.5 Å². The molecule has 0 aliphatic heterocycles. The summed E-state index contributed by atoms with van der Waals surface area (Å²) >= 11 is 0. The van der Waals surface area contributed by atoms with Gasteiger partial charge in [0.25, 0.3) is 0 Å². The molecule has 3 N–H and O–H groups in total. The van der Waals surface area contributed by atoms with Crippen molar-refractivity contribution in [1.82, 2.24) is 5.32 Å². The predicted octanol–water partition coefficient (Wildman–Crippen LogP) is 1.29. The molecule has 0 aromatic heterocycles. The average Bonchev–Trinajstić information content (AvgIpc) is 2.35. The van der Waals surface area contributed by atoms with Crippen molar-refractivity contribution in [3.63, 3.8) is 0 Å². The van der Waals surface area contributed by atoms with Crippen LogP contribution >= 0.6 is 0 Å². The van der Waals surface area contributed by atoms with Crippen LogP contribution in [0.2, 0.25) is 0 Å². The lowest BCUT2D eigenvalue weighted by atomic mass is 9.91. The van der Waals surface area contributed by atoms with Crippen LogP contribution in [0, 0.1) is 0 Å². The quantitative estimate of drug-likeness (QED) is 0.334. The molecule has 1 aromatic rings. The van der Waals surface area contributed by atoms with E-state index in [1.54, 1.807) is 6.92 Å². The fourth-order valence-electron chi connectivity index (χ4n) is 1.50. The highest BCUT2D eigenvalue weighted by Gasteiger charge is 2.31. The summed E-state index contributed by atoms with van der Waals surface area (Å²) in [6.45, 7) is 2.37. The molecule has 0 heterocycles. The van der Waals surface area contributed by atoms with Gasteiger partial charge in [0.05, 0.1) is 0 Å². The lowest BCUT2D eigenvalue weighted by molar-refractivity contribution is -0.124. The lowest BCUT2D eigenvalue weighted by Gasteiger charge is -2.27. The molecule has 6 heteroatoms. The van der Waals surface area contributed by atoms with E-state index < -0.39 is 11.4 Å². The van der Waals surface area contributed by atoms with Crippen molar-refractivity contribution in [1.29, 1.82) is 0 Å². The van der Waals surface area contributed by atoms with E-state index in [0.717, 1.165) is 5.56 Å². The number of nitrogens with two attached hydrogens (primary N) is 1. The number of carbonyl (C=O) groups excluding carboxylic acids is 1. The van der Waals surface area contributed by atoms with E-state index in [1.165, 1.54) is 0 Å². The smallest absolute Gasteiger partial charge is 0.242 e. The van der Waals surface area contributed by atoms with E-state index in [9.17, 15) is 4.79 Å². The number of amides is 1. The number of hydrogen-bond acceptors (Lipinski definition) is 3. The number of primary amides is 1. The minimum absolute atomic E-state index is 0.270. The second-order valence-electron chi connectivity index (χ2n) is 3.74. The minimum atomic E-state index is -0.952. The normalized spacial score (nSPS) is 13.5. The highest BCUT2D eigenvalue weighted by molar-refractivity contribution is 5.85. The van der Waals surface area contributed by atoms with Gasteiger partial charge in [0, 0.05) is 18.0 Å². The Morgan fingerprint density at radius 2 is 2.18 bits per heavy atom. The molecule has 0 aliphatic carbocycles. The summed E-state index contributed by atoms with van der Waals surface area (Å²) in [6.07, 6.45) is 0. The van der Waals surface area contributed by atoms with Crippen molar-refractivity contribution >= 4 is 5.91 Å². The Kier molecular flexibility index (Phi) is 4.51. The second-order valence-corrected chi connectivity index (χ2v) is 3.74. The number of nitrogens with zero attached hydrogens (tertiary/aromatic N) is 3. The van der Waals surface area contributed by atoms with Crippen molar-refractivity contribution in [2.45, 2.75) is 12.5 Å². The Bertz CT molecular complexity index is 427. The molecule has 1 amide bonds. The maximum absolute atomic E-state index is 11.5. The summed E-state index contributed by atoms with van der Waals surface area (Å²) in [5, 5.41) is 6.40. The van der Waals surface area contributed by atoms with Gasteiger partial charge in [-0.1, -0.05) is 35.4 Å². The van der Waals surface area contributed by atoms with Gasteiger partial charge in [-0.25, -0.2) is 0 Å². The zero-order valence-electron chi connectivity index (χ0n) is 9.63. The van der Waals surface area contributed by atoms with Crippen LogP contribution in [0.15, 0.2) is 35.4 Å². The van der Waals surface area contributed by atoms with Crippen molar-refractivity contribution in [2.24, 2.45) is 10.8 Å². The van der Waals surface area contributed by atoms with Gasteiger partial charge in [0.15, 0.2) is 0 Å². The molecular weight excluding hydrogens is 218 g/mol. The Hall–Kier alpha value is -2.04. The molecule has 6 nitrogen and oxygen atoms in total. The van der Waals surface area contributed by atoms with Gasteiger partial charge in [-0.15, -0.1) is 0 Å². The van der Waals surface area contributed by atoms with Crippen LogP contribution in [0.25, 0.3) is 10.4 Å². The SMILES string of the molecule is CC(NCCN=[N+]=[N-])(C(N)=O)c1ccccc1. The fraction of sp³-hybridized carbons (Fsp3) is 0.364. The number of carbonyl (C=O) groups is 1. The molecule has 90 valence electrons. The molecule has 0 bridgehead atoms. The largest absolute Gasteiger partial charge is 0.368 e. The van der Waals surface area contributed by atoms with E-state index in [0.29, 0.717) is 6.54 Å². The molecule has 0 radical (unpaired) electrons. The van der Waals surface area contributed by atoms with Gasteiger partial charge in [0.1, 0.15) is 5.54 Å². The maximum atomic E-state index is 11.5. The van der Waals surface area contributed by atoms with Gasteiger partial charge >= 0.3 is 0 Å². The molecule has 0 saturated carbocycles. The number of benzene rings is 1. The third-order valence-electron chi connectivity index (χ3n) is 2.60. The van der Waals surface area contributed by atoms with Gasteiger partial charge in [-0.2, -0.15) is 0 Å². The third-order valence-corrected chi connectivity index (χ3v) is 2.60. The zero-order valence-corrected chi connectivity index (χ0v) is 9.63. The number of hydrogen-bond donors (Lipinski definition) is 2. The van der Waals surface area contributed by atoms with E-state index in [4.69, 9.17) is 11.3 Å². The average molecular weight is 233 g/mol. The first-order valence-corrected chi connectivity index (χ1v) is 5.22. The number of azide groups is 1. The van der Waals surface area contributed by atoms with Crippen LogP contribution in [-0.4, -0.2) is 19.0 Å². The molecule has 0 spiro atoms. The maximum Gasteiger partial charge on any atom is 0.242 e. The second kappa shape index (κ2) is 5.89. The first-order valence-electron chi connectivity index (χ1n) is 5.22. The van der Waals surface area contributed by atoms with Crippen LogP contribution < -0.4 is 11.1 Å². The highest BCUT2D eigenvalue weighted by atomic mass is 16.1. The molecular formula is C11H15N5O. The van der Waals surface area contributed by atoms with E-state index >= 15 is 0 Å². The molecule has 1 rings (SSSR count). The molecule has 0 fully saturated rings. The van der Waals surface area contributed by atoms with Gasteiger partial charge in [0.2, 0.25) is 5.91 Å². The molecule has 0 saturated heterocycles. The van der Waals surface area contributed by atoms with Gasteiger partial charge in [-0.05, 0) is 18.0 Å². The monoisotopic (exact) mass is 233 g/mol. The van der Waals surface area contributed by atoms with Crippen LogP contribution in [0.4, 0.5) is 0 Å². The van der Waals surface area contributed by atoms with Gasteiger partial charge in [-0.3, -0.25) is 10.1 Å². The molecule has 1 unspecified atom stereocenters. The number of nitrogens with one attached hydrogen (secondary N) is 1. The van der Waals surface area contributed by atoms with Gasteiger partial charge < -0.3 is 5.73 Å². The Morgan fingerprint density at radius 1 is 1.53 bits per heavy atom. The molecule has 17 heavy (non-hydrogen) atoms. The number of rotatable bonds is 6. The van der Waals surface area contributed by atoms with Crippen molar-refractivity contribution in [3.8, 4) is 0 Å². The summed E-state index contributed by atoms with van der Waals surface area (Å²) < 4.78 is 0. The fourth-order valence-corrected chi connectivity index (χ4v) is 1.50. The summed E-state index contributed by atoms with van der Waals surface area (Å²) in [5.41, 5.74) is 13.4. The molecule has 1 aromatic carbocycles. The molecule has 1 atom stereocenters.